The first-order valence-corrected chi connectivity index (χ1v) is 10.4. The van der Waals surface area contributed by atoms with Gasteiger partial charge >= 0.3 is 0 Å². The summed E-state index contributed by atoms with van der Waals surface area (Å²) in [6, 6.07) is 14.7. The summed E-state index contributed by atoms with van der Waals surface area (Å²) in [6.07, 6.45) is 3.37. The number of hydrogen-bond donors (Lipinski definition) is 1. The van der Waals surface area contributed by atoms with Gasteiger partial charge in [-0.05, 0) is 55.0 Å². The van der Waals surface area contributed by atoms with Gasteiger partial charge in [0.25, 0.3) is 0 Å². The molecule has 0 aliphatic carbocycles. The maximum Gasteiger partial charge on any atom is 0.207 e. The van der Waals surface area contributed by atoms with Gasteiger partial charge in [-0.25, -0.2) is 4.98 Å². The minimum atomic E-state index is 0.440. The molecule has 0 saturated carbocycles. The molecule has 0 aliphatic heterocycles. The molecule has 1 heterocycles. The second-order valence-electron chi connectivity index (χ2n) is 7.74. The Morgan fingerprint density at radius 3 is 2.79 bits per heavy atom. The molecule has 0 aliphatic rings. The molecule has 29 heavy (non-hydrogen) atoms. The van der Waals surface area contributed by atoms with Crippen LogP contribution in [0.3, 0.4) is 0 Å². The number of amides is 1. The fraction of sp³-hybridized carbons (Fsp3) is 0.417. The number of para-hydroxylation sites is 2. The largest absolute Gasteiger partial charge is 0.493 e. The number of hydrogen-bond acceptors (Lipinski definition) is 3. The zero-order chi connectivity index (χ0) is 20.6. The van der Waals surface area contributed by atoms with Gasteiger partial charge in [-0.1, -0.05) is 38.1 Å². The predicted molar refractivity (Wildman–Crippen MR) is 118 cm³/mol. The lowest BCUT2D eigenvalue weighted by Gasteiger charge is -2.15. The van der Waals surface area contributed by atoms with Crippen LogP contribution in [0.15, 0.2) is 42.5 Å². The summed E-state index contributed by atoms with van der Waals surface area (Å²) in [5.41, 5.74) is 4.65. The Balaban J connectivity index is 1.66. The Bertz CT molecular complexity index is 946. The van der Waals surface area contributed by atoms with Crippen LogP contribution in [-0.2, 0) is 17.8 Å². The van der Waals surface area contributed by atoms with Crippen molar-refractivity contribution in [3.8, 4) is 5.75 Å². The number of ether oxygens (including phenoxy) is 1. The lowest BCUT2D eigenvalue weighted by molar-refractivity contribution is -0.109. The van der Waals surface area contributed by atoms with E-state index in [1.807, 2.05) is 6.07 Å². The van der Waals surface area contributed by atoms with Crippen LogP contribution >= 0.6 is 0 Å². The number of nitrogens with one attached hydrogen (secondary N) is 1. The van der Waals surface area contributed by atoms with Crippen LogP contribution in [0, 0.1) is 6.92 Å². The summed E-state index contributed by atoms with van der Waals surface area (Å²) in [5.74, 6) is 2.50. The van der Waals surface area contributed by atoms with Crippen LogP contribution in [0.1, 0.15) is 49.6 Å². The van der Waals surface area contributed by atoms with Crippen molar-refractivity contribution in [3.63, 3.8) is 0 Å². The van der Waals surface area contributed by atoms with Gasteiger partial charge in [0, 0.05) is 19.5 Å². The smallest absolute Gasteiger partial charge is 0.207 e. The number of fused-ring (bicyclic) bond motifs is 1. The molecule has 154 valence electrons. The summed E-state index contributed by atoms with van der Waals surface area (Å²) >= 11 is 0. The summed E-state index contributed by atoms with van der Waals surface area (Å²) in [5, 5.41) is 2.72. The van der Waals surface area contributed by atoms with Crippen molar-refractivity contribution in [2.75, 3.05) is 13.2 Å². The SMILES string of the molecule is Cc1ccc(C(C)C)c(OCCCn2c(CCCNC=O)nc3ccccc32)c1. The van der Waals surface area contributed by atoms with Gasteiger partial charge in [-0.15, -0.1) is 0 Å². The highest BCUT2D eigenvalue weighted by molar-refractivity contribution is 5.75. The molecule has 0 spiro atoms. The van der Waals surface area contributed by atoms with Crippen molar-refractivity contribution in [3.05, 3.63) is 59.4 Å². The van der Waals surface area contributed by atoms with Gasteiger partial charge in [-0.3, -0.25) is 4.79 Å². The standard InChI is InChI=1S/C24H31N3O2/c1-18(2)20-12-11-19(3)16-23(20)29-15-7-14-27-22-9-5-4-8-21(22)26-24(27)10-6-13-25-17-28/h4-5,8-9,11-12,16-18H,6-7,10,13-15H2,1-3H3,(H,25,28). The van der Waals surface area contributed by atoms with E-state index >= 15 is 0 Å². The van der Waals surface area contributed by atoms with E-state index in [1.54, 1.807) is 0 Å². The second-order valence-corrected chi connectivity index (χ2v) is 7.74. The summed E-state index contributed by atoms with van der Waals surface area (Å²) in [6.45, 7) is 8.69. The van der Waals surface area contributed by atoms with Crippen LogP contribution in [0.4, 0.5) is 0 Å². The summed E-state index contributed by atoms with van der Waals surface area (Å²) in [7, 11) is 0. The van der Waals surface area contributed by atoms with Crippen molar-refractivity contribution in [1.82, 2.24) is 14.9 Å². The van der Waals surface area contributed by atoms with E-state index in [9.17, 15) is 4.79 Å². The van der Waals surface area contributed by atoms with Crippen molar-refractivity contribution < 1.29 is 9.53 Å². The molecule has 1 N–H and O–H groups in total. The van der Waals surface area contributed by atoms with Gasteiger partial charge in [0.1, 0.15) is 11.6 Å². The number of carbonyl (C=O) groups is 1. The van der Waals surface area contributed by atoms with Crippen LogP contribution in [0.5, 0.6) is 5.75 Å². The molecule has 1 aromatic heterocycles. The average molecular weight is 394 g/mol. The second kappa shape index (κ2) is 10.1. The molecule has 2 aromatic carbocycles. The fourth-order valence-corrected chi connectivity index (χ4v) is 3.62. The van der Waals surface area contributed by atoms with Gasteiger partial charge < -0.3 is 14.6 Å². The molecule has 1 amide bonds. The summed E-state index contributed by atoms with van der Waals surface area (Å²) in [4.78, 5) is 15.3. The molecular weight excluding hydrogens is 362 g/mol. The van der Waals surface area contributed by atoms with Crippen molar-refractivity contribution >= 4 is 17.4 Å². The molecule has 0 bridgehead atoms. The highest BCUT2D eigenvalue weighted by Crippen LogP contribution is 2.27. The quantitative estimate of drug-likeness (QED) is 0.382. The average Bonchev–Trinajstić information content (AvgIpc) is 3.06. The summed E-state index contributed by atoms with van der Waals surface area (Å²) < 4.78 is 8.45. The third-order valence-electron chi connectivity index (χ3n) is 5.11. The first kappa shape index (κ1) is 20.9. The highest BCUT2D eigenvalue weighted by Gasteiger charge is 2.11. The first-order chi connectivity index (χ1) is 14.1. The predicted octanol–water partition coefficient (Wildman–Crippen LogP) is 4.62. The highest BCUT2D eigenvalue weighted by atomic mass is 16.5. The fourth-order valence-electron chi connectivity index (χ4n) is 3.62. The zero-order valence-corrected chi connectivity index (χ0v) is 17.6. The van der Waals surface area contributed by atoms with E-state index in [1.165, 1.54) is 11.1 Å². The van der Waals surface area contributed by atoms with Gasteiger partial charge in [0.05, 0.1) is 17.6 Å². The van der Waals surface area contributed by atoms with Crippen LogP contribution in [0.25, 0.3) is 11.0 Å². The minimum Gasteiger partial charge on any atom is -0.493 e. The van der Waals surface area contributed by atoms with Crippen molar-refractivity contribution in [2.45, 2.75) is 52.5 Å². The van der Waals surface area contributed by atoms with Crippen LogP contribution in [-0.4, -0.2) is 29.1 Å². The first-order valence-electron chi connectivity index (χ1n) is 10.4. The number of carbonyl (C=O) groups excluding carboxylic acids is 1. The maximum absolute atomic E-state index is 10.5. The van der Waals surface area contributed by atoms with Gasteiger partial charge in [0.15, 0.2) is 0 Å². The molecule has 3 aromatic rings. The Morgan fingerprint density at radius 2 is 2.00 bits per heavy atom. The van der Waals surface area contributed by atoms with E-state index in [0.29, 0.717) is 19.1 Å². The normalized spacial score (nSPS) is 11.2. The minimum absolute atomic E-state index is 0.440. The molecular formula is C24H31N3O2. The molecule has 5 nitrogen and oxygen atoms in total. The van der Waals surface area contributed by atoms with Crippen molar-refractivity contribution in [1.29, 1.82) is 0 Å². The molecule has 0 unspecified atom stereocenters. The van der Waals surface area contributed by atoms with E-state index in [4.69, 9.17) is 9.72 Å². The number of aromatic nitrogens is 2. The third kappa shape index (κ3) is 5.37. The molecule has 0 radical (unpaired) electrons. The van der Waals surface area contributed by atoms with Crippen LogP contribution < -0.4 is 10.1 Å². The van der Waals surface area contributed by atoms with E-state index in [-0.39, 0.29) is 0 Å². The monoisotopic (exact) mass is 393 g/mol. The van der Waals surface area contributed by atoms with E-state index < -0.39 is 0 Å². The lowest BCUT2D eigenvalue weighted by Crippen LogP contribution is -2.14. The van der Waals surface area contributed by atoms with Crippen LogP contribution in [0.2, 0.25) is 0 Å². The molecule has 0 fully saturated rings. The molecule has 5 heteroatoms. The lowest BCUT2D eigenvalue weighted by atomic mass is 10.0. The number of benzene rings is 2. The Kier molecular flexibility index (Phi) is 7.28. The Morgan fingerprint density at radius 1 is 1.17 bits per heavy atom. The third-order valence-corrected chi connectivity index (χ3v) is 5.11. The number of imidazole rings is 1. The van der Waals surface area contributed by atoms with Gasteiger partial charge in [0.2, 0.25) is 6.41 Å². The van der Waals surface area contributed by atoms with E-state index in [2.05, 4.69) is 67.1 Å². The van der Waals surface area contributed by atoms with Crippen molar-refractivity contribution in [2.24, 2.45) is 0 Å². The van der Waals surface area contributed by atoms with Gasteiger partial charge in [-0.2, -0.15) is 0 Å². The topological polar surface area (TPSA) is 56.1 Å². The molecule has 0 atom stereocenters. The maximum atomic E-state index is 10.5. The molecule has 3 rings (SSSR count). The van der Waals surface area contributed by atoms with E-state index in [0.717, 1.165) is 54.8 Å². The zero-order valence-electron chi connectivity index (χ0n) is 17.6. The molecule has 0 saturated heterocycles. The number of rotatable bonds is 11. The number of nitrogens with zero attached hydrogens (tertiary/aromatic N) is 2. The Labute approximate surface area is 173 Å². The number of aryl methyl sites for hydroxylation is 3. The Hall–Kier alpha value is -2.82.